The molecule has 2 nitrogen and oxygen atoms in total. The maximum Gasteiger partial charge on any atom is 0.0991 e. The van der Waals surface area contributed by atoms with Gasteiger partial charge in [-0.3, -0.25) is 4.90 Å². The predicted molar refractivity (Wildman–Crippen MR) is 80.2 cm³/mol. The molecule has 1 fully saturated rings. The lowest BCUT2D eigenvalue weighted by Gasteiger charge is -2.04. The third-order valence-electron chi connectivity index (χ3n) is 3.89. The average Bonchev–Trinajstić information content (AvgIpc) is 3.28. The van der Waals surface area contributed by atoms with Crippen molar-refractivity contribution >= 4 is 0 Å². The highest BCUT2D eigenvalue weighted by Gasteiger charge is 2.33. The van der Waals surface area contributed by atoms with Gasteiger partial charge in [0.1, 0.15) is 0 Å². The van der Waals surface area contributed by atoms with Crippen molar-refractivity contribution in [2.45, 2.75) is 18.9 Å². The van der Waals surface area contributed by atoms with E-state index in [1.165, 1.54) is 24.1 Å². The molecule has 1 aliphatic rings. The molecule has 0 aromatic heterocycles. The zero-order valence-electron chi connectivity index (χ0n) is 11.5. The predicted octanol–water partition coefficient (Wildman–Crippen LogP) is 3.55. The van der Waals surface area contributed by atoms with Gasteiger partial charge in [-0.25, -0.2) is 0 Å². The Morgan fingerprint density at radius 3 is 2.50 bits per heavy atom. The van der Waals surface area contributed by atoms with E-state index in [9.17, 15) is 0 Å². The van der Waals surface area contributed by atoms with Gasteiger partial charge in [0.2, 0.25) is 0 Å². The van der Waals surface area contributed by atoms with E-state index in [4.69, 9.17) is 5.26 Å². The number of nitrogens with zero attached hydrogens (tertiary/aromatic N) is 2. The van der Waals surface area contributed by atoms with Gasteiger partial charge in [-0.05, 0) is 42.6 Å². The molecule has 1 unspecified atom stereocenters. The van der Waals surface area contributed by atoms with Crippen LogP contribution in [0, 0.1) is 11.3 Å². The SMILES string of the molecule is N#Cc1ccc(CCCN2C[C@@H]2c2ccccc2)cc1. The van der Waals surface area contributed by atoms with Crippen molar-refractivity contribution < 1.29 is 0 Å². The molecule has 0 bridgehead atoms. The van der Waals surface area contributed by atoms with Crippen molar-refractivity contribution in [1.82, 2.24) is 4.90 Å². The first-order valence-electron chi connectivity index (χ1n) is 7.15. The lowest BCUT2D eigenvalue weighted by atomic mass is 10.1. The summed E-state index contributed by atoms with van der Waals surface area (Å²) in [7, 11) is 0. The van der Waals surface area contributed by atoms with Crippen LogP contribution in [0.4, 0.5) is 0 Å². The molecule has 100 valence electrons. The van der Waals surface area contributed by atoms with Crippen molar-refractivity contribution in [3.05, 3.63) is 71.3 Å². The minimum absolute atomic E-state index is 0.636. The molecular weight excluding hydrogens is 244 g/mol. The Morgan fingerprint density at radius 2 is 1.80 bits per heavy atom. The van der Waals surface area contributed by atoms with Gasteiger partial charge in [0.15, 0.2) is 0 Å². The molecule has 1 saturated heterocycles. The Bertz CT molecular complexity index is 596. The van der Waals surface area contributed by atoms with Crippen LogP contribution in [-0.2, 0) is 6.42 Å². The third kappa shape index (κ3) is 3.07. The van der Waals surface area contributed by atoms with Crippen molar-refractivity contribution in [3.8, 4) is 6.07 Å². The maximum atomic E-state index is 8.77. The highest BCUT2D eigenvalue weighted by Crippen LogP contribution is 2.34. The zero-order valence-corrected chi connectivity index (χ0v) is 11.5. The first-order valence-corrected chi connectivity index (χ1v) is 7.15. The topological polar surface area (TPSA) is 26.8 Å². The fourth-order valence-electron chi connectivity index (χ4n) is 2.65. The van der Waals surface area contributed by atoms with Crippen molar-refractivity contribution in [1.29, 1.82) is 5.26 Å². The second kappa shape index (κ2) is 5.90. The van der Waals surface area contributed by atoms with Crippen LogP contribution in [0.2, 0.25) is 0 Å². The molecule has 0 N–H and O–H groups in total. The summed E-state index contributed by atoms with van der Waals surface area (Å²) < 4.78 is 0. The van der Waals surface area contributed by atoms with Gasteiger partial charge in [0, 0.05) is 12.6 Å². The Hall–Kier alpha value is -2.11. The van der Waals surface area contributed by atoms with Crippen LogP contribution in [0.1, 0.15) is 29.2 Å². The van der Waals surface area contributed by atoms with E-state index in [2.05, 4.69) is 53.4 Å². The van der Waals surface area contributed by atoms with E-state index in [1.807, 2.05) is 12.1 Å². The Labute approximate surface area is 120 Å². The molecule has 0 saturated carbocycles. The molecule has 0 radical (unpaired) electrons. The fourth-order valence-corrected chi connectivity index (χ4v) is 2.65. The van der Waals surface area contributed by atoms with Gasteiger partial charge >= 0.3 is 0 Å². The largest absolute Gasteiger partial charge is 0.293 e. The van der Waals surface area contributed by atoms with E-state index < -0.39 is 0 Å². The van der Waals surface area contributed by atoms with E-state index in [0.717, 1.165) is 18.5 Å². The molecule has 2 aromatic carbocycles. The Kier molecular flexibility index (Phi) is 3.80. The van der Waals surface area contributed by atoms with Crippen LogP contribution in [0.25, 0.3) is 0 Å². The molecular formula is C18H18N2. The molecule has 0 aliphatic carbocycles. The molecule has 3 rings (SSSR count). The van der Waals surface area contributed by atoms with Crippen LogP contribution in [-0.4, -0.2) is 18.0 Å². The standard InChI is InChI=1S/C18H18N2/c19-13-16-10-8-15(9-11-16)5-4-12-20-14-18(20)17-6-2-1-3-7-17/h1-3,6-11,18H,4-5,12,14H2/t18-,20?/m1/s1. The quantitative estimate of drug-likeness (QED) is 0.770. The second-order valence-corrected chi connectivity index (χ2v) is 5.33. The summed E-state index contributed by atoms with van der Waals surface area (Å²) in [4.78, 5) is 2.51. The minimum Gasteiger partial charge on any atom is -0.293 e. The average molecular weight is 262 g/mol. The summed E-state index contributed by atoms with van der Waals surface area (Å²) in [5.74, 6) is 0. The van der Waals surface area contributed by atoms with Crippen LogP contribution in [0.5, 0.6) is 0 Å². The number of benzene rings is 2. The normalized spacial score (nSPS) is 20.4. The summed E-state index contributed by atoms with van der Waals surface area (Å²) in [5, 5.41) is 8.77. The van der Waals surface area contributed by atoms with E-state index in [1.54, 1.807) is 0 Å². The van der Waals surface area contributed by atoms with E-state index in [0.29, 0.717) is 6.04 Å². The first-order chi connectivity index (χ1) is 9.86. The zero-order chi connectivity index (χ0) is 13.8. The van der Waals surface area contributed by atoms with E-state index in [-0.39, 0.29) is 0 Å². The van der Waals surface area contributed by atoms with Crippen LogP contribution >= 0.6 is 0 Å². The summed E-state index contributed by atoms with van der Waals surface area (Å²) in [5.41, 5.74) is 3.50. The summed E-state index contributed by atoms with van der Waals surface area (Å²) in [6, 6.07) is 21.5. The van der Waals surface area contributed by atoms with Gasteiger partial charge in [0.05, 0.1) is 11.6 Å². The maximum absolute atomic E-state index is 8.77. The molecule has 0 spiro atoms. The number of aryl methyl sites for hydroxylation is 1. The molecule has 20 heavy (non-hydrogen) atoms. The number of hydrogen-bond acceptors (Lipinski definition) is 2. The van der Waals surface area contributed by atoms with Gasteiger partial charge < -0.3 is 0 Å². The lowest BCUT2D eigenvalue weighted by molar-refractivity contribution is 0.495. The third-order valence-corrected chi connectivity index (χ3v) is 3.89. The van der Waals surface area contributed by atoms with Gasteiger partial charge in [-0.2, -0.15) is 5.26 Å². The number of nitriles is 1. The summed E-state index contributed by atoms with van der Waals surface area (Å²) in [6.07, 6.45) is 2.26. The van der Waals surface area contributed by atoms with Crippen molar-refractivity contribution in [3.63, 3.8) is 0 Å². The number of rotatable bonds is 5. The molecule has 1 heterocycles. The molecule has 2 atom stereocenters. The lowest BCUT2D eigenvalue weighted by Crippen LogP contribution is -2.02. The number of hydrogen-bond donors (Lipinski definition) is 0. The van der Waals surface area contributed by atoms with Gasteiger partial charge in [-0.15, -0.1) is 0 Å². The Balaban J connectivity index is 1.44. The van der Waals surface area contributed by atoms with Crippen LogP contribution < -0.4 is 0 Å². The fraction of sp³-hybridized carbons (Fsp3) is 0.278. The molecule has 2 heteroatoms. The van der Waals surface area contributed by atoms with Gasteiger partial charge in [0.25, 0.3) is 0 Å². The van der Waals surface area contributed by atoms with Crippen LogP contribution in [0.15, 0.2) is 54.6 Å². The molecule has 1 aliphatic heterocycles. The second-order valence-electron chi connectivity index (χ2n) is 5.33. The monoisotopic (exact) mass is 262 g/mol. The van der Waals surface area contributed by atoms with E-state index >= 15 is 0 Å². The summed E-state index contributed by atoms with van der Waals surface area (Å²) >= 11 is 0. The highest BCUT2D eigenvalue weighted by atomic mass is 15.3. The first kappa shape index (κ1) is 12.9. The van der Waals surface area contributed by atoms with Gasteiger partial charge in [-0.1, -0.05) is 42.5 Å². The summed E-state index contributed by atoms with van der Waals surface area (Å²) in [6.45, 7) is 2.34. The van der Waals surface area contributed by atoms with Crippen LogP contribution in [0.3, 0.4) is 0 Å². The molecule has 0 amide bonds. The Morgan fingerprint density at radius 1 is 1.05 bits per heavy atom. The highest BCUT2D eigenvalue weighted by molar-refractivity contribution is 5.31. The van der Waals surface area contributed by atoms with Crippen molar-refractivity contribution in [2.75, 3.05) is 13.1 Å². The smallest absolute Gasteiger partial charge is 0.0991 e. The molecule has 2 aromatic rings. The minimum atomic E-state index is 0.636. The van der Waals surface area contributed by atoms with Crippen molar-refractivity contribution in [2.24, 2.45) is 0 Å².